The Hall–Kier alpha value is -3.48. The molecule has 2 N–H and O–H groups in total. The summed E-state index contributed by atoms with van der Waals surface area (Å²) in [6, 6.07) is 12.9. The zero-order valence-electron chi connectivity index (χ0n) is 18.1. The van der Waals surface area contributed by atoms with Crippen molar-refractivity contribution in [2.24, 2.45) is 4.99 Å². The van der Waals surface area contributed by atoms with Gasteiger partial charge in [-0.05, 0) is 49.6 Å². The van der Waals surface area contributed by atoms with Crippen LogP contribution in [-0.4, -0.2) is 42.0 Å². The van der Waals surface area contributed by atoms with E-state index >= 15 is 0 Å². The number of carbonyl (C=O) groups is 3. The van der Waals surface area contributed by atoms with Crippen molar-refractivity contribution < 1.29 is 14.4 Å². The van der Waals surface area contributed by atoms with Gasteiger partial charge in [0.15, 0.2) is 0 Å². The van der Waals surface area contributed by atoms with Crippen LogP contribution in [-0.2, 0) is 11.3 Å². The van der Waals surface area contributed by atoms with Crippen molar-refractivity contribution in [3.63, 3.8) is 0 Å². The molecule has 0 spiro atoms. The summed E-state index contributed by atoms with van der Waals surface area (Å²) in [6.07, 6.45) is 2.95. The average molecular weight is 421 g/mol. The normalized spacial score (nSPS) is 14.1. The lowest BCUT2D eigenvalue weighted by atomic mass is 10.1. The van der Waals surface area contributed by atoms with Crippen LogP contribution < -0.4 is 10.6 Å². The van der Waals surface area contributed by atoms with Gasteiger partial charge >= 0.3 is 0 Å². The summed E-state index contributed by atoms with van der Waals surface area (Å²) in [4.78, 5) is 43.1. The number of fused-ring (bicyclic) bond motifs is 1. The molecule has 0 aliphatic carbocycles. The minimum Gasteiger partial charge on any atom is -0.359 e. The molecule has 2 aromatic carbocycles. The second-order valence-electron chi connectivity index (χ2n) is 7.61. The van der Waals surface area contributed by atoms with Crippen molar-refractivity contribution in [3.05, 3.63) is 64.7 Å². The van der Waals surface area contributed by atoms with Gasteiger partial charge < -0.3 is 10.6 Å². The molecule has 3 amide bonds. The highest BCUT2D eigenvalue weighted by Gasteiger charge is 2.39. The molecule has 2 aromatic rings. The maximum atomic E-state index is 13.0. The van der Waals surface area contributed by atoms with Crippen LogP contribution in [0, 0.1) is 6.92 Å². The van der Waals surface area contributed by atoms with Crippen molar-refractivity contribution >= 4 is 29.7 Å². The Morgan fingerprint density at radius 1 is 1.10 bits per heavy atom. The predicted octanol–water partition coefficient (Wildman–Crippen LogP) is 3.54. The van der Waals surface area contributed by atoms with Crippen molar-refractivity contribution in [3.8, 4) is 0 Å². The van der Waals surface area contributed by atoms with Gasteiger partial charge in [0.05, 0.1) is 24.0 Å². The van der Waals surface area contributed by atoms with Gasteiger partial charge in [0.25, 0.3) is 11.8 Å². The Kier molecular flexibility index (Phi) is 7.18. The number of nitrogens with one attached hydrogen (secondary N) is 2. The molecule has 7 heteroatoms. The Balaban J connectivity index is 1.66. The number of nitrogens with zero attached hydrogens (tertiary/aromatic N) is 2. The smallest absolute Gasteiger partial charge is 0.261 e. The van der Waals surface area contributed by atoms with Crippen molar-refractivity contribution in [2.75, 3.05) is 12.4 Å². The zero-order chi connectivity index (χ0) is 22.4. The van der Waals surface area contributed by atoms with E-state index in [1.807, 2.05) is 44.2 Å². The lowest BCUT2D eigenvalue weighted by molar-refractivity contribution is -0.120. The van der Waals surface area contributed by atoms with Gasteiger partial charge in [-0.2, -0.15) is 0 Å². The minimum atomic E-state index is -0.301. The van der Waals surface area contributed by atoms with E-state index in [1.165, 1.54) is 10.5 Å². The van der Waals surface area contributed by atoms with Crippen LogP contribution in [0.4, 0.5) is 5.69 Å². The monoisotopic (exact) mass is 420 g/mol. The molecule has 0 saturated carbocycles. The summed E-state index contributed by atoms with van der Waals surface area (Å²) in [5, 5.41) is 5.69. The molecule has 31 heavy (non-hydrogen) atoms. The number of carbonyl (C=O) groups excluding carboxylic acids is 3. The molecule has 1 atom stereocenters. The van der Waals surface area contributed by atoms with Crippen molar-refractivity contribution in [2.45, 2.75) is 45.7 Å². The fourth-order valence-corrected chi connectivity index (χ4v) is 3.60. The molecule has 0 saturated heterocycles. The summed E-state index contributed by atoms with van der Waals surface area (Å²) >= 11 is 0. The molecule has 1 unspecified atom stereocenters. The second kappa shape index (κ2) is 10.0. The lowest BCUT2D eigenvalue weighted by Gasteiger charge is -2.24. The van der Waals surface area contributed by atoms with E-state index in [0.29, 0.717) is 30.5 Å². The number of benzene rings is 2. The average Bonchev–Trinajstić information content (AvgIpc) is 3.03. The first kappa shape index (κ1) is 22.2. The van der Waals surface area contributed by atoms with E-state index in [0.717, 1.165) is 11.3 Å². The molecular weight excluding hydrogens is 392 g/mol. The van der Waals surface area contributed by atoms with E-state index in [1.54, 1.807) is 25.5 Å². The number of anilines is 1. The molecule has 0 radical (unpaired) electrons. The Bertz CT molecular complexity index is 998. The number of hydrogen-bond acceptors (Lipinski definition) is 4. The molecule has 1 aliphatic rings. The van der Waals surface area contributed by atoms with Crippen LogP contribution in [0.25, 0.3) is 0 Å². The first-order valence-electron chi connectivity index (χ1n) is 10.5. The number of rotatable bonds is 9. The SMILES string of the molecule is CCC(CCC(=O)NC)N1C(=O)c2ccc(CN=CNc3ccc(C)cc3)cc2C1=O. The maximum Gasteiger partial charge on any atom is 0.261 e. The van der Waals surface area contributed by atoms with Gasteiger partial charge in [0.2, 0.25) is 5.91 Å². The van der Waals surface area contributed by atoms with E-state index in [-0.39, 0.29) is 30.2 Å². The van der Waals surface area contributed by atoms with E-state index < -0.39 is 0 Å². The third-order valence-corrected chi connectivity index (χ3v) is 5.45. The Morgan fingerprint density at radius 2 is 1.81 bits per heavy atom. The second-order valence-corrected chi connectivity index (χ2v) is 7.61. The summed E-state index contributed by atoms with van der Waals surface area (Å²) in [5.74, 6) is -0.693. The zero-order valence-corrected chi connectivity index (χ0v) is 18.1. The van der Waals surface area contributed by atoms with Gasteiger partial charge in [0.1, 0.15) is 0 Å². The van der Waals surface area contributed by atoms with Gasteiger partial charge in [0, 0.05) is 25.2 Å². The van der Waals surface area contributed by atoms with Crippen LogP contribution in [0.2, 0.25) is 0 Å². The fourth-order valence-electron chi connectivity index (χ4n) is 3.60. The summed E-state index contributed by atoms with van der Waals surface area (Å²) in [6.45, 7) is 4.34. The number of imide groups is 1. The number of aryl methyl sites for hydroxylation is 1. The van der Waals surface area contributed by atoms with Gasteiger partial charge in [-0.3, -0.25) is 24.3 Å². The van der Waals surface area contributed by atoms with E-state index in [2.05, 4.69) is 15.6 Å². The minimum absolute atomic E-state index is 0.102. The highest BCUT2D eigenvalue weighted by molar-refractivity contribution is 6.21. The van der Waals surface area contributed by atoms with Crippen molar-refractivity contribution in [1.29, 1.82) is 0 Å². The molecular formula is C24H28N4O3. The molecule has 7 nitrogen and oxygen atoms in total. The van der Waals surface area contributed by atoms with Crippen LogP contribution in [0.1, 0.15) is 58.0 Å². The Labute approximate surface area is 182 Å². The molecule has 0 bridgehead atoms. The number of aliphatic imine (C=N–C) groups is 1. The topological polar surface area (TPSA) is 90.9 Å². The lowest BCUT2D eigenvalue weighted by Crippen LogP contribution is -2.40. The van der Waals surface area contributed by atoms with Crippen LogP contribution >= 0.6 is 0 Å². The van der Waals surface area contributed by atoms with Crippen LogP contribution in [0.5, 0.6) is 0 Å². The number of amides is 3. The fraction of sp³-hybridized carbons (Fsp3) is 0.333. The molecule has 162 valence electrons. The molecule has 0 aromatic heterocycles. The van der Waals surface area contributed by atoms with Crippen LogP contribution in [0.15, 0.2) is 47.5 Å². The van der Waals surface area contributed by atoms with Gasteiger partial charge in [-0.25, -0.2) is 0 Å². The molecule has 0 fully saturated rings. The predicted molar refractivity (Wildman–Crippen MR) is 121 cm³/mol. The standard InChI is InChI=1S/C24H28N4O3/c1-4-19(10-12-22(29)25-3)28-23(30)20-11-7-17(13-21(20)24(28)31)14-26-15-27-18-8-5-16(2)6-9-18/h5-9,11,13,15,19H,4,10,12,14H2,1-3H3,(H,25,29)(H,26,27). The molecule has 1 heterocycles. The summed E-state index contributed by atoms with van der Waals surface area (Å²) in [7, 11) is 1.58. The third kappa shape index (κ3) is 5.17. The first-order chi connectivity index (χ1) is 14.9. The van der Waals surface area contributed by atoms with E-state index in [9.17, 15) is 14.4 Å². The summed E-state index contributed by atoms with van der Waals surface area (Å²) in [5.41, 5.74) is 3.80. The number of hydrogen-bond donors (Lipinski definition) is 2. The van der Waals surface area contributed by atoms with Gasteiger partial charge in [-0.1, -0.05) is 30.7 Å². The highest BCUT2D eigenvalue weighted by atomic mass is 16.2. The van der Waals surface area contributed by atoms with Crippen molar-refractivity contribution in [1.82, 2.24) is 10.2 Å². The maximum absolute atomic E-state index is 13.0. The van der Waals surface area contributed by atoms with Gasteiger partial charge in [-0.15, -0.1) is 0 Å². The van der Waals surface area contributed by atoms with Crippen LogP contribution in [0.3, 0.4) is 0 Å². The summed E-state index contributed by atoms with van der Waals surface area (Å²) < 4.78 is 0. The largest absolute Gasteiger partial charge is 0.359 e. The molecule has 3 rings (SSSR count). The third-order valence-electron chi connectivity index (χ3n) is 5.45. The highest BCUT2D eigenvalue weighted by Crippen LogP contribution is 2.28. The van der Waals surface area contributed by atoms with E-state index in [4.69, 9.17) is 0 Å². The quantitative estimate of drug-likeness (QED) is 0.369. The Morgan fingerprint density at radius 3 is 2.48 bits per heavy atom. The first-order valence-corrected chi connectivity index (χ1v) is 10.5. The molecule has 1 aliphatic heterocycles.